The molecule has 10 heteroatoms. The van der Waals surface area contributed by atoms with Crippen molar-refractivity contribution in [3.05, 3.63) is 97.1 Å². The minimum Gasteiger partial charge on any atom is -0.331 e. The fraction of sp³-hybridized carbons (Fsp3) is 0. The SMILES string of the molecule is [Li+].[Li+].c1ccc2c(c1)-c1nc3[n-]c(nc4[nH+]c(nc5[n-]c(nc-2[nH+]1)c1ccccc51)-c1ccccc1-4)c1ccccc31. The molecule has 0 radical (unpaired) electrons. The first-order chi connectivity index (χ1) is 19.8. The number of benzene rings is 4. The van der Waals surface area contributed by atoms with E-state index in [4.69, 9.17) is 29.9 Å². The number of aromatic amines is 2. The molecule has 0 fully saturated rings. The number of hydrogen-bond donors (Lipinski definition) is 0. The van der Waals surface area contributed by atoms with E-state index in [-0.39, 0.29) is 37.7 Å². The molecular formula is C32H18Li2N8+2. The molecule has 0 spiro atoms. The smallest absolute Gasteiger partial charge is 0.331 e. The molecule has 8 bridgehead atoms. The van der Waals surface area contributed by atoms with Crippen LogP contribution in [0, 0.1) is 0 Å². The van der Waals surface area contributed by atoms with Gasteiger partial charge < -0.3 is 9.97 Å². The third-order valence-electron chi connectivity index (χ3n) is 7.46. The molecule has 2 aliphatic rings. The third-order valence-corrected chi connectivity index (χ3v) is 7.46. The van der Waals surface area contributed by atoms with Gasteiger partial charge in [0.2, 0.25) is 0 Å². The molecule has 8 nitrogen and oxygen atoms in total. The molecule has 186 valence electrons. The van der Waals surface area contributed by atoms with Gasteiger partial charge in [-0.15, -0.1) is 0 Å². The van der Waals surface area contributed by atoms with E-state index in [1.54, 1.807) is 0 Å². The van der Waals surface area contributed by atoms with Gasteiger partial charge in [0.15, 0.2) is 16.9 Å². The van der Waals surface area contributed by atoms with Crippen LogP contribution in [0.5, 0.6) is 0 Å². The van der Waals surface area contributed by atoms with Crippen LogP contribution in [-0.2, 0) is 0 Å². The van der Waals surface area contributed by atoms with Crippen molar-refractivity contribution in [2.24, 2.45) is 0 Å². The van der Waals surface area contributed by atoms with Gasteiger partial charge in [-0.3, -0.25) is 9.97 Å². The normalized spacial score (nSPS) is 11.4. The second-order valence-electron chi connectivity index (χ2n) is 9.79. The Morgan fingerprint density at radius 2 is 0.595 bits per heavy atom. The van der Waals surface area contributed by atoms with Gasteiger partial charge in [-0.1, -0.05) is 93.8 Å². The topological polar surface area (TPSA) is 108 Å². The second kappa shape index (κ2) is 10.1. The zero-order chi connectivity index (χ0) is 26.2. The Kier molecular flexibility index (Phi) is 6.31. The van der Waals surface area contributed by atoms with Gasteiger partial charge in [0, 0.05) is 27.4 Å². The van der Waals surface area contributed by atoms with E-state index in [9.17, 15) is 0 Å². The van der Waals surface area contributed by atoms with Crippen LogP contribution in [-0.4, -0.2) is 19.9 Å². The summed E-state index contributed by atoms with van der Waals surface area (Å²) in [5.74, 6) is 2.74. The van der Waals surface area contributed by atoms with Crippen LogP contribution in [0.25, 0.3) is 89.7 Å². The van der Waals surface area contributed by atoms with Crippen LogP contribution >= 0.6 is 0 Å². The Balaban J connectivity index is 0.00000144. The van der Waals surface area contributed by atoms with E-state index >= 15 is 0 Å². The summed E-state index contributed by atoms with van der Waals surface area (Å²) in [5, 5.41) is 3.71. The van der Waals surface area contributed by atoms with Gasteiger partial charge in [-0.2, -0.15) is 0 Å². The summed E-state index contributed by atoms with van der Waals surface area (Å²) in [5.41, 5.74) is 6.21. The van der Waals surface area contributed by atoms with Crippen LogP contribution in [0.2, 0.25) is 0 Å². The largest absolute Gasteiger partial charge is 1.00 e. The zero-order valence-corrected chi connectivity index (χ0v) is 22.9. The third kappa shape index (κ3) is 3.93. The molecule has 3 aromatic heterocycles. The van der Waals surface area contributed by atoms with E-state index in [0.717, 1.165) is 43.8 Å². The van der Waals surface area contributed by atoms with Crippen molar-refractivity contribution >= 4 is 44.1 Å². The molecule has 5 heterocycles. The van der Waals surface area contributed by atoms with Crippen LogP contribution in [0.15, 0.2) is 97.1 Å². The predicted molar refractivity (Wildman–Crippen MR) is 152 cm³/mol. The van der Waals surface area contributed by atoms with E-state index < -0.39 is 0 Å². The number of aromatic nitrogens is 8. The van der Waals surface area contributed by atoms with Gasteiger partial charge in [0.05, 0.1) is 16.7 Å². The monoisotopic (exact) mass is 528 g/mol. The molecule has 0 atom stereocenters. The number of hydrogen-bond acceptors (Lipinski definition) is 4. The molecule has 0 aliphatic carbocycles. The molecular weight excluding hydrogens is 510 g/mol. The molecule has 0 unspecified atom stereocenters. The molecule has 0 saturated carbocycles. The molecule has 7 aromatic rings. The van der Waals surface area contributed by atoms with Crippen LogP contribution in [0.4, 0.5) is 0 Å². The van der Waals surface area contributed by atoms with Crippen LogP contribution < -0.4 is 57.7 Å². The number of nitrogens with zero attached hydrogens (tertiary/aromatic N) is 6. The molecule has 0 amide bonds. The standard InChI is InChI=1S/C32H16N8.2Li/c1-2-10-18-17(9-1)25-33-26(18)38-28-21-13-5-6-14-22(21)30(35-28)40-32-24-16-8-7-15-23(24)31(36-32)39-29-20-12-4-3-11-19(20)27(34-29)37-25;;/h1-16H;;/q-2;2*+1/p+2. The van der Waals surface area contributed by atoms with Gasteiger partial charge in [0.25, 0.3) is 17.5 Å². The first-order valence-corrected chi connectivity index (χ1v) is 13.0. The number of H-pyrrole nitrogens is 2. The molecule has 2 aliphatic heterocycles. The average Bonchev–Trinajstić information content (AvgIpc) is 3.73. The van der Waals surface area contributed by atoms with Crippen molar-refractivity contribution in [3.8, 4) is 45.6 Å². The van der Waals surface area contributed by atoms with E-state index in [2.05, 4.69) is 9.97 Å². The second-order valence-corrected chi connectivity index (χ2v) is 9.79. The molecule has 0 saturated heterocycles. The van der Waals surface area contributed by atoms with E-state index in [0.29, 0.717) is 45.9 Å². The minimum atomic E-state index is 0. The van der Waals surface area contributed by atoms with Crippen molar-refractivity contribution in [1.82, 2.24) is 29.9 Å². The Labute approximate surface area is 263 Å². The van der Waals surface area contributed by atoms with Crippen LogP contribution in [0.3, 0.4) is 0 Å². The summed E-state index contributed by atoms with van der Waals surface area (Å²) in [4.78, 5) is 36.8. The van der Waals surface area contributed by atoms with Crippen molar-refractivity contribution in [2.45, 2.75) is 0 Å². The van der Waals surface area contributed by atoms with E-state index in [1.807, 2.05) is 97.1 Å². The summed E-state index contributed by atoms with van der Waals surface area (Å²) < 4.78 is 0. The Bertz CT molecular complexity index is 2040. The zero-order valence-electron chi connectivity index (χ0n) is 22.9. The van der Waals surface area contributed by atoms with Gasteiger partial charge in [-0.25, -0.2) is 4.98 Å². The van der Waals surface area contributed by atoms with Crippen molar-refractivity contribution < 1.29 is 47.7 Å². The summed E-state index contributed by atoms with van der Waals surface area (Å²) in [6.07, 6.45) is 0. The van der Waals surface area contributed by atoms with Crippen molar-refractivity contribution in [1.29, 1.82) is 0 Å². The fourth-order valence-corrected chi connectivity index (χ4v) is 5.59. The summed E-state index contributed by atoms with van der Waals surface area (Å²) >= 11 is 0. The maximum absolute atomic E-state index is 5.02. The van der Waals surface area contributed by atoms with Crippen molar-refractivity contribution in [2.75, 3.05) is 0 Å². The minimum absolute atomic E-state index is 0. The van der Waals surface area contributed by atoms with Crippen molar-refractivity contribution in [3.63, 3.8) is 0 Å². The Hall–Kier alpha value is -4.57. The molecule has 42 heavy (non-hydrogen) atoms. The first kappa shape index (κ1) is 26.3. The van der Waals surface area contributed by atoms with Gasteiger partial charge in [0.1, 0.15) is 5.82 Å². The summed E-state index contributed by atoms with van der Waals surface area (Å²) in [7, 11) is 0. The fourth-order valence-electron chi connectivity index (χ4n) is 5.59. The molecule has 2 N–H and O–H groups in total. The van der Waals surface area contributed by atoms with E-state index in [1.165, 1.54) is 0 Å². The first-order valence-electron chi connectivity index (χ1n) is 13.0. The molecule has 4 aromatic carbocycles. The quantitative estimate of drug-likeness (QED) is 0.233. The molecule has 9 rings (SSSR count). The number of rotatable bonds is 0. The Morgan fingerprint density at radius 1 is 0.357 bits per heavy atom. The summed E-state index contributed by atoms with van der Waals surface area (Å²) in [6.45, 7) is 0. The van der Waals surface area contributed by atoms with Gasteiger partial charge >= 0.3 is 37.7 Å². The maximum Gasteiger partial charge on any atom is 1.00 e. The maximum atomic E-state index is 5.02. The summed E-state index contributed by atoms with van der Waals surface area (Å²) in [6, 6.07) is 32.2. The predicted octanol–water partition coefficient (Wildman–Crippen LogP) is -1.03. The van der Waals surface area contributed by atoms with Crippen LogP contribution in [0.1, 0.15) is 0 Å². The number of fused-ring (bicyclic) bond motifs is 20. The average molecular weight is 528 g/mol. The number of nitrogens with one attached hydrogen (secondary N) is 2. The van der Waals surface area contributed by atoms with Gasteiger partial charge in [-0.05, 0) is 23.6 Å². The Morgan fingerprint density at radius 3 is 0.857 bits per heavy atom.